The van der Waals surface area contributed by atoms with Gasteiger partial charge in [0, 0.05) is 18.8 Å². The first-order chi connectivity index (χ1) is 12.5. The molecule has 0 heterocycles. The Bertz CT molecular complexity index is 404. The maximum atomic E-state index is 11.5. The van der Waals surface area contributed by atoms with Gasteiger partial charge in [-0.05, 0) is 6.42 Å². The molecule has 0 aliphatic heterocycles. The Morgan fingerprint density at radius 1 is 0.815 bits per heavy atom. The van der Waals surface area contributed by atoms with E-state index in [1.54, 1.807) is 0 Å². The zero-order valence-electron chi connectivity index (χ0n) is 17.3. The molecule has 27 heavy (non-hydrogen) atoms. The molecule has 0 bridgehead atoms. The van der Waals surface area contributed by atoms with Crippen molar-refractivity contribution in [3.63, 3.8) is 0 Å². The van der Waals surface area contributed by atoms with Crippen LogP contribution in [0.1, 0.15) is 103 Å². The first-order valence-corrected chi connectivity index (χ1v) is 10.2. The second-order valence-corrected chi connectivity index (χ2v) is 6.97. The number of carboxylic acids is 1. The molecule has 0 spiro atoms. The number of hydrogen-bond donors (Lipinski definition) is 1. The molecule has 1 atom stereocenters. The van der Waals surface area contributed by atoms with Gasteiger partial charge in [0.1, 0.15) is 6.04 Å². The van der Waals surface area contributed by atoms with E-state index in [2.05, 4.69) is 11.7 Å². The molecular formula is C20H36KNO5. The predicted octanol–water partition coefficient (Wildman–Crippen LogP) is 0.00880. The summed E-state index contributed by atoms with van der Waals surface area (Å²) in [6.07, 6.45) is 15.2. The molecule has 0 rings (SSSR count). The average Bonchev–Trinajstić information content (AvgIpc) is 2.58. The molecule has 0 saturated carbocycles. The van der Waals surface area contributed by atoms with Crippen molar-refractivity contribution in [2.75, 3.05) is 0 Å². The van der Waals surface area contributed by atoms with Crippen molar-refractivity contribution in [1.82, 2.24) is 0 Å². The fourth-order valence-corrected chi connectivity index (χ4v) is 2.79. The Morgan fingerprint density at radius 3 is 1.63 bits per heavy atom. The maximum Gasteiger partial charge on any atom is 1.00 e. The van der Waals surface area contributed by atoms with Gasteiger partial charge in [0.05, 0.1) is 0 Å². The second-order valence-electron chi connectivity index (χ2n) is 6.97. The van der Waals surface area contributed by atoms with E-state index in [4.69, 9.17) is 5.73 Å². The van der Waals surface area contributed by atoms with Crippen LogP contribution in [0.4, 0.5) is 0 Å². The summed E-state index contributed by atoms with van der Waals surface area (Å²) in [6.45, 7) is 2.23. The first kappa shape index (κ1) is 29.4. The Labute approximate surface area is 206 Å². The molecule has 0 saturated heterocycles. The van der Waals surface area contributed by atoms with Gasteiger partial charge < -0.3 is 20.4 Å². The van der Waals surface area contributed by atoms with Crippen molar-refractivity contribution in [2.24, 2.45) is 5.73 Å². The SMILES string of the molecule is CCCCCCCCCCCCCCCC(=O)OC(=O)[C@@H](N)CC(=O)[O-].[K+]. The topological polar surface area (TPSA) is 110 Å². The molecule has 0 radical (unpaired) electrons. The van der Waals surface area contributed by atoms with E-state index in [0.717, 1.165) is 12.8 Å². The minimum Gasteiger partial charge on any atom is -0.550 e. The summed E-state index contributed by atoms with van der Waals surface area (Å²) in [6, 6.07) is -1.35. The minimum atomic E-state index is -1.45. The number of esters is 2. The van der Waals surface area contributed by atoms with Crippen LogP contribution in [0.15, 0.2) is 0 Å². The van der Waals surface area contributed by atoms with Gasteiger partial charge >= 0.3 is 63.3 Å². The number of carbonyl (C=O) groups excluding carboxylic acids is 3. The van der Waals surface area contributed by atoms with Crippen molar-refractivity contribution in [2.45, 2.75) is 109 Å². The monoisotopic (exact) mass is 409 g/mol. The molecular weight excluding hydrogens is 373 g/mol. The Kier molecular flexibility index (Phi) is 22.8. The van der Waals surface area contributed by atoms with Crippen LogP contribution in [0.3, 0.4) is 0 Å². The van der Waals surface area contributed by atoms with Gasteiger partial charge in [-0.25, -0.2) is 4.79 Å². The van der Waals surface area contributed by atoms with Crippen molar-refractivity contribution in [1.29, 1.82) is 0 Å². The summed E-state index contributed by atoms with van der Waals surface area (Å²) in [5, 5.41) is 10.3. The van der Waals surface area contributed by atoms with E-state index in [1.807, 2.05) is 0 Å². The number of ether oxygens (including phenoxy) is 1. The molecule has 0 aliphatic rings. The number of rotatable bonds is 17. The van der Waals surface area contributed by atoms with Gasteiger partial charge in [-0.2, -0.15) is 0 Å². The molecule has 6 nitrogen and oxygen atoms in total. The van der Waals surface area contributed by atoms with Gasteiger partial charge in [0.2, 0.25) is 0 Å². The van der Waals surface area contributed by atoms with E-state index < -0.39 is 30.4 Å². The van der Waals surface area contributed by atoms with Crippen LogP contribution in [-0.2, 0) is 19.1 Å². The molecule has 0 unspecified atom stereocenters. The molecule has 0 aromatic carbocycles. The molecule has 0 aromatic rings. The van der Waals surface area contributed by atoms with E-state index in [9.17, 15) is 19.5 Å². The van der Waals surface area contributed by atoms with Crippen molar-refractivity contribution >= 4 is 17.9 Å². The smallest absolute Gasteiger partial charge is 0.550 e. The van der Waals surface area contributed by atoms with Gasteiger partial charge in [-0.15, -0.1) is 0 Å². The summed E-state index contributed by atoms with van der Waals surface area (Å²) >= 11 is 0. The Hall–Kier alpha value is 0.206. The summed E-state index contributed by atoms with van der Waals surface area (Å²) in [7, 11) is 0. The number of nitrogens with two attached hydrogens (primary N) is 1. The van der Waals surface area contributed by atoms with E-state index in [0.29, 0.717) is 6.42 Å². The number of carbonyl (C=O) groups is 3. The number of aliphatic carboxylic acids is 1. The van der Waals surface area contributed by atoms with Crippen LogP contribution in [0.2, 0.25) is 0 Å². The van der Waals surface area contributed by atoms with E-state index in [1.165, 1.54) is 64.2 Å². The standard InChI is InChI=1S/C20H37NO5.K/c1-2-3-4-5-6-7-8-9-10-11-12-13-14-15-19(24)26-20(25)17(21)16-18(22)23;/h17H,2-16,21H2,1H3,(H,22,23);/q;+1/p-1/t17-;/m0./s1. The summed E-state index contributed by atoms with van der Waals surface area (Å²) in [5.74, 6) is -3.10. The van der Waals surface area contributed by atoms with Crippen molar-refractivity contribution < 1.29 is 75.6 Å². The van der Waals surface area contributed by atoms with Crippen LogP contribution in [0, 0.1) is 0 Å². The summed E-state index contributed by atoms with van der Waals surface area (Å²) in [5.41, 5.74) is 5.29. The van der Waals surface area contributed by atoms with Crippen molar-refractivity contribution in [3.05, 3.63) is 0 Å². The molecule has 0 fully saturated rings. The fourth-order valence-electron chi connectivity index (χ4n) is 2.79. The normalized spacial score (nSPS) is 11.5. The van der Waals surface area contributed by atoms with Crippen LogP contribution >= 0.6 is 0 Å². The zero-order chi connectivity index (χ0) is 19.6. The zero-order valence-corrected chi connectivity index (χ0v) is 20.4. The van der Waals surface area contributed by atoms with Crippen LogP contribution in [-0.4, -0.2) is 23.9 Å². The van der Waals surface area contributed by atoms with E-state index >= 15 is 0 Å². The third-order valence-corrected chi connectivity index (χ3v) is 4.39. The molecule has 0 aromatic heterocycles. The molecule has 2 N–H and O–H groups in total. The quantitative estimate of drug-likeness (QED) is 0.157. The Balaban J connectivity index is 0. The van der Waals surface area contributed by atoms with Crippen molar-refractivity contribution in [3.8, 4) is 0 Å². The maximum absolute atomic E-state index is 11.5. The Morgan fingerprint density at radius 2 is 1.22 bits per heavy atom. The number of hydrogen-bond acceptors (Lipinski definition) is 6. The van der Waals surface area contributed by atoms with Gasteiger partial charge in [-0.3, -0.25) is 4.79 Å². The molecule has 152 valence electrons. The first-order valence-electron chi connectivity index (χ1n) is 10.2. The molecule has 7 heteroatoms. The molecule has 0 amide bonds. The average molecular weight is 410 g/mol. The summed E-state index contributed by atoms with van der Waals surface area (Å²) < 4.78 is 4.53. The summed E-state index contributed by atoms with van der Waals surface area (Å²) in [4.78, 5) is 33.2. The van der Waals surface area contributed by atoms with Gasteiger partial charge in [0.15, 0.2) is 0 Å². The number of carboxylic acid groups (broad SMARTS) is 1. The third kappa shape index (κ3) is 20.7. The largest absolute Gasteiger partial charge is 1.00 e. The van der Waals surface area contributed by atoms with Gasteiger partial charge in [0.25, 0.3) is 0 Å². The number of unbranched alkanes of at least 4 members (excludes halogenated alkanes) is 12. The van der Waals surface area contributed by atoms with Crippen LogP contribution in [0.5, 0.6) is 0 Å². The van der Waals surface area contributed by atoms with Crippen LogP contribution in [0.25, 0.3) is 0 Å². The van der Waals surface area contributed by atoms with E-state index in [-0.39, 0.29) is 57.8 Å². The minimum absolute atomic E-state index is 0. The molecule has 0 aliphatic carbocycles. The fraction of sp³-hybridized carbons (Fsp3) is 0.850. The van der Waals surface area contributed by atoms with Gasteiger partial charge in [-0.1, -0.05) is 84.0 Å². The second kappa shape index (κ2) is 20.9. The predicted molar refractivity (Wildman–Crippen MR) is 99.0 cm³/mol. The van der Waals surface area contributed by atoms with Crippen LogP contribution < -0.4 is 62.2 Å². The third-order valence-electron chi connectivity index (χ3n) is 4.39.